The second kappa shape index (κ2) is 50.0. The highest BCUT2D eigenvalue weighted by molar-refractivity contribution is 5.76. The minimum absolute atomic E-state index is 0.00986. The minimum Gasteiger partial charge on any atom is -0.466 e. The second-order valence-electron chi connectivity index (χ2n) is 18.2. The first-order chi connectivity index (χ1) is 29.5. The third-order valence-electron chi connectivity index (χ3n) is 12.2. The van der Waals surface area contributed by atoms with E-state index in [2.05, 4.69) is 31.3 Å². The summed E-state index contributed by atoms with van der Waals surface area (Å²) in [4.78, 5) is 24.4. The molecule has 2 atom stereocenters. The van der Waals surface area contributed by atoms with Gasteiger partial charge in [0.1, 0.15) is 0 Å². The zero-order chi connectivity index (χ0) is 43.7. The lowest BCUT2D eigenvalue weighted by molar-refractivity contribution is -0.143. The molecule has 2 unspecified atom stereocenters. The van der Waals surface area contributed by atoms with Crippen molar-refractivity contribution in [3.8, 4) is 0 Å². The van der Waals surface area contributed by atoms with Crippen molar-refractivity contribution in [1.82, 2.24) is 5.32 Å². The molecule has 0 aromatic rings. The van der Waals surface area contributed by atoms with Crippen LogP contribution >= 0.6 is 0 Å². The van der Waals surface area contributed by atoms with Crippen molar-refractivity contribution < 1.29 is 24.5 Å². The number of carbonyl (C=O) groups is 2. The van der Waals surface area contributed by atoms with E-state index < -0.39 is 12.1 Å². The van der Waals surface area contributed by atoms with Crippen LogP contribution in [0.2, 0.25) is 0 Å². The molecule has 354 valence electrons. The van der Waals surface area contributed by atoms with E-state index >= 15 is 0 Å². The third-order valence-corrected chi connectivity index (χ3v) is 12.2. The van der Waals surface area contributed by atoms with Crippen LogP contribution in [0.3, 0.4) is 0 Å². The number of hydrogen-bond acceptors (Lipinski definition) is 5. The molecule has 1 amide bonds. The molecule has 0 aromatic heterocycles. The Morgan fingerprint density at radius 1 is 0.450 bits per heavy atom. The quantitative estimate of drug-likeness (QED) is 0.0322. The first-order valence-corrected chi connectivity index (χ1v) is 26.6. The van der Waals surface area contributed by atoms with Crippen molar-refractivity contribution in [2.75, 3.05) is 13.2 Å². The Bertz CT molecular complexity index is 935. The van der Waals surface area contributed by atoms with Crippen LogP contribution in [0.5, 0.6) is 0 Å². The van der Waals surface area contributed by atoms with Crippen molar-refractivity contribution in [1.29, 1.82) is 0 Å². The molecule has 0 rings (SSSR count). The maximum absolute atomic E-state index is 12.4. The lowest BCUT2D eigenvalue weighted by Crippen LogP contribution is -2.45. The highest BCUT2D eigenvalue weighted by Gasteiger charge is 2.18. The van der Waals surface area contributed by atoms with E-state index in [4.69, 9.17) is 4.74 Å². The van der Waals surface area contributed by atoms with Crippen molar-refractivity contribution in [3.63, 3.8) is 0 Å². The fourth-order valence-electron chi connectivity index (χ4n) is 8.10. The van der Waals surface area contributed by atoms with E-state index in [1.807, 2.05) is 6.08 Å². The number of carbonyl (C=O) groups excluding carboxylic acids is 2. The number of hydrogen-bond donors (Lipinski definition) is 3. The van der Waals surface area contributed by atoms with Crippen molar-refractivity contribution in [2.24, 2.45) is 0 Å². The van der Waals surface area contributed by atoms with Gasteiger partial charge in [-0.2, -0.15) is 0 Å². The molecule has 0 aliphatic carbocycles. The predicted molar refractivity (Wildman–Crippen MR) is 260 cm³/mol. The van der Waals surface area contributed by atoms with Gasteiger partial charge in [-0.15, -0.1) is 0 Å². The van der Waals surface area contributed by atoms with E-state index in [1.165, 1.54) is 186 Å². The number of unbranched alkanes of at least 4 members (excludes halogenated alkanes) is 36. The Hall–Kier alpha value is -1.66. The molecule has 3 N–H and O–H groups in total. The van der Waals surface area contributed by atoms with Crippen LogP contribution in [0.25, 0.3) is 0 Å². The van der Waals surface area contributed by atoms with Gasteiger partial charge in [0.15, 0.2) is 0 Å². The Morgan fingerprint density at radius 2 is 0.783 bits per heavy atom. The summed E-state index contributed by atoms with van der Waals surface area (Å²) in [5.41, 5.74) is 0. The standard InChI is InChI=1S/C54H103NO5/c1-3-5-7-9-11-13-15-17-19-23-26-30-34-38-42-46-52(57)51(50-56)55-53(58)47-43-39-35-31-27-24-20-18-21-25-29-33-37-41-45-49-60-54(59)48-44-40-36-32-28-22-16-14-12-10-8-6-4-2/h21,25,42,46,51-52,56-57H,3-20,22-24,26-41,43-45,47-50H2,1-2H3,(H,55,58)/b25-21-,46-42+. The molecule has 0 spiro atoms. The zero-order valence-electron chi connectivity index (χ0n) is 40.2. The van der Waals surface area contributed by atoms with Gasteiger partial charge in [-0.3, -0.25) is 9.59 Å². The van der Waals surface area contributed by atoms with Crippen LogP contribution in [0.1, 0.15) is 284 Å². The molecule has 6 nitrogen and oxygen atoms in total. The average Bonchev–Trinajstić information content (AvgIpc) is 3.25. The maximum atomic E-state index is 12.4. The molecular formula is C54H103NO5. The molecule has 6 heteroatoms. The van der Waals surface area contributed by atoms with E-state index in [0.717, 1.165) is 70.6 Å². The van der Waals surface area contributed by atoms with Crippen LogP contribution < -0.4 is 5.32 Å². The van der Waals surface area contributed by atoms with Crippen LogP contribution in [-0.4, -0.2) is 47.4 Å². The van der Waals surface area contributed by atoms with E-state index in [-0.39, 0.29) is 18.5 Å². The number of amides is 1. The van der Waals surface area contributed by atoms with Crippen LogP contribution in [-0.2, 0) is 14.3 Å². The molecule has 0 fully saturated rings. The molecule has 0 aliphatic rings. The summed E-state index contributed by atoms with van der Waals surface area (Å²) >= 11 is 0. The molecule has 0 radical (unpaired) electrons. The number of nitrogens with one attached hydrogen (secondary N) is 1. The topological polar surface area (TPSA) is 95.9 Å². The van der Waals surface area contributed by atoms with E-state index in [9.17, 15) is 19.8 Å². The smallest absolute Gasteiger partial charge is 0.305 e. The van der Waals surface area contributed by atoms with Gasteiger partial charge in [-0.05, 0) is 57.8 Å². The van der Waals surface area contributed by atoms with Gasteiger partial charge in [-0.25, -0.2) is 0 Å². The van der Waals surface area contributed by atoms with Crippen LogP contribution in [0, 0.1) is 0 Å². The van der Waals surface area contributed by atoms with E-state index in [1.54, 1.807) is 6.08 Å². The van der Waals surface area contributed by atoms with Gasteiger partial charge in [0.05, 0.1) is 25.4 Å². The van der Waals surface area contributed by atoms with Crippen molar-refractivity contribution in [3.05, 3.63) is 24.3 Å². The molecule has 0 heterocycles. The fraction of sp³-hybridized carbons (Fsp3) is 0.889. The largest absolute Gasteiger partial charge is 0.466 e. The SMILES string of the molecule is CCCCCCCCCCCCCCC/C=C/C(O)C(CO)NC(=O)CCCCCCCCC/C=C\CCCCCCOC(=O)CCCCCCCCCCCCCCC. The van der Waals surface area contributed by atoms with Gasteiger partial charge < -0.3 is 20.3 Å². The predicted octanol–water partition coefficient (Wildman–Crippen LogP) is 15.9. The number of allylic oxidation sites excluding steroid dienone is 3. The number of aliphatic hydroxyl groups is 2. The lowest BCUT2D eigenvalue weighted by atomic mass is 10.0. The summed E-state index contributed by atoms with van der Waals surface area (Å²) in [6.07, 6.45) is 58.9. The Labute approximate surface area is 373 Å². The maximum Gasteiger partial charge on any atom is 0.305 e. The first-order valence-electron chi connectivity index (χ1n) is 26.6. The van der Waals surface area contributed by atoms with Crippen molar-refractivity contribution >= 4 is 11.9 Å². The molecule has 60 heavy (non-hydrogen) atoms. The lowest BCUT2D eigenvalue weighted by Gasteiger charge is -2.20. The normalized spacial score (nSPS) is 12.8. The summed E-state index contributed by atoms with van der Waals surface area (Å²) in [5, 5.41) is 23.1. The molecular weight excluding hydrogens is 743 g/mol. The average molecular weight is 846 g/mol. The van der Waals surface area contributed by atoms with Gasteiger partial charge >= 0.3 is 5.97 Å². The van der Waals surface area contributed by atoms with Gasteiger partial charge in [0.25, 0.3) is 0 Å². The Morgan fingerprint density at radius 3 is 1.18 bits per heavy atom. The highest BCUT2D eigenvalue weighted by Crippen LogP contribution is 2.16. The molecule has 0 aromatic carbocycles. The fourth-order valence-corrected chi connectivity index (χ4v) is 8.10. The molecule has 0 aliphatic heterocycles. The molecule has 0 saturated heterocycles. The summed E-state index contributed by atoms with van der Waals surface area (Å²) in [5.74, 6) is -0.0924. The Kier molecular flexibility index (Phi) is 48.6. The number of rotatable bonds is 49. The highest BCUT2D eigenvalue weighted by atomic mass is 16.5. The number of ether oxygens (including phenoxy) is 1. The van der Waals surface area contributed by atoms with Gasteiger partial charge in [-0.1, -0.05) is 237 Å². The minimum atomic E-state index is -0.853. The summed E-state index contributed by atoms with van der Waals surface area (Å²) in [6, 6.07) is -0.638. The molecule has 0 saturated carbocycles. The van der Waals surface area contributed by atoms with Crippen LogP contribution in [0.15, 0.2) is 24.3 Å². The monoisotopic (exact) mass is 846 g/mol. The summed E-state index contributed by atoms with van der Waals surface area (Å²) in [6.45, 7) is 4.87. The van der Waals surface area contributed by atoms with Gasteiger partial charge in [0.2, 0.25) is 5.91 Å². The number of esters is 1. The second-order valence-corrected chi connectivity index (χ2v) is 18.2. The summed E-state index contributed by atoms with van der Waals surface area (Å²) in [7, 11) is 0. The van der Waals surface area contributed by atoms with E-state index in [0.29, 0.717) is 19.4 Å². The van der Waals surface area contributed by atoms with Crippen molar-refractivity contribution in [2.45, 2.75) is 296 Å². The first kappa shape index (κ1) is 58.3. The third kappa shape index (κ3) is 45.9. The number of aliphatic hydroxyl groups excluding tert-OH is 2. The zero-order valence-corrected chi connectivity index (χ0v) is 40.2. The Balaban J connectivity index is 3.51. The van der Waals surface area contributed by atoms with Gasteiger partial charge in [0, 0.05) is 12.8 Å². The van der Waals surface area contributed by atoms with Crippen LogP contribution in [0.4, 0.5) is 0 Å². The summed E-state index contributed by atoms with van der Waals surface area (Å²) < 4.78 is 5.45. The molecule has 0 bridgehead atoms.